The van der Waals surface area contributed by atoms with Crippen molar-refractivity contribution < 1.29 is 0 Å². The molecule has 21 heavy (non-hydrogen) atoms. The highest BCUT2D eigenvalue weighted by molar-refractivity contribution is 6.30. The first-order chi connectivity index (χ1) is 10.2. The van der Waals surface area contributed by atoms with Crippen LogP contribution in [0, 0.1) is 0 Å². The summed E-state index contributed by atoms with van der Waals surface area (Å²) in [6.07, 6.45) is 2.75. The molecule has 0 fully saturated rings. The standard InChI is InChI=1S/C17H18ClN3/c1-2-15(19)17(12-7-5-8-14(18)10-12)21-16-9-4-3-6-13(16)11-20-21/h3-11,15,17H,2,19H2,1H3. The molecule has 0 saturated carbocycles. The average molecular weight is 300 g/mol. The Morgan fingerprint density at radius 2 is 2.00 bits per heavy atom. The Morgan fingerprint density at radius 1 is 1.19 bits per heavy atom. The van der Waals surface area contributed by atoms with Crippen molar-refractivity contribution in [2.45, 2.75) is 25.4 Å². The molecule has 0 bridgehead atoms. The second kappa shape index (κ2) is 5.88. The Balaban J connectivity index is 2.16. The van der Waals surface area contributed by atoms with E-state index in [1.807, 2.05) is 41.2 Å². The molecule has 0 aliphatic heterocycles. The number of halogens is 1. The molecule has 2 unspecified atom stereocenters. The minimum absolute atomic E-state index is 0.0198. The van der Waals surface area contributed by atoms with E-state index < -0.39 is 0 Å². The molecule has 0 spiro atoms. The van der Waals surface area contributed by atoms with Crippen LogP contribution in [-0.2, 0) is 0 Å². The molecule has 0 aliphatic carbocycles. The van der Waals surface area contributed by atoms with Crippen LogP contribution in [0.15, 0.2) is 54.7 Å². The van der Waals surface area contributed by atoms with Gasteiger partial charge in [0.2, 0.25) is 0 Å². The van der Waals surface area contributed by atoms with Crippen molar-refractivity contribution in [1.29, 1.82) is 0 Å². The van der Waals surface area contributed by atoms with Crippen molar-refractivity contribution in [2.75, 3.05) is 0 Å². The Bertz CT molecular complexity index is 750. The summed E-state index contributed by atoms with van der Waals surface area (Å²) >= 11 is 6.15. The van der Waals surface area contributed by atoms with Crippen LogP contribution < -0.4 is 5.73 Å². The summed E-state index contributed by atoms with van der Waals surface area (Å²) in [5.74, 6) is 0. The van der Waals surface area contributed by atoms with Gasteiger partial charge < -0.3 is 5.73 Å². The van der Waals surface area contributed by atoms with Crippen LogP contribution in [0.5, 0.6) is 0 Å². The smallest absolute Gasteiger partial charge is 0.0926 e. The van der Waals surface area contributed by atoms with Gasteiger partial charge in [0.1, 0.15) is 0 Å². The second-order valence-electron chi connectivity index (χ2n) is 5.22. The SMILES string of the molecule is CCC(N)C(c1cccc(Cl)c1)n1ncc2ccccc21. The van der Waals surface area contributed by atoms with Crippen LogP contribution in [0.2, 0.25) is 5.02 Å². The Labute approximate surface area is 129 Å². The number of nitrogens with zero attached hydrogens (tertiary/aromatic N) is 2. The zero-order valence-electron chi connectivity index (χ0n) is 11.9. The maximum absolute atomic E-state index is 6.38. The lowest BCUT2D eigenvalue weighted by molar-refractivity contribution is 0.434. The van der Waals surface area contributed by atoms with E-state index in [-0.39, 0.29) is 12.1 Å². The lowest BCUT2D eigenvalue weighted by atomic mass is 9.98. The Morgan fingerprint density at radius 3 is 2.76 bits per heavy atom. The van der Waals surface area contributed by atoms with Crippen molar-refractivity contribution >= 4 is 22.5 Å². The lowest BCUT2D eigenvalue weighted by Gasteiger charge is -2.25. The highest BCUT2D eigenvalue weighted by Crippen LogP contribution is 2.28. The number of fused-ring (bicyclic) bond motifs is 1. The van der Waals surface area contributed by atoms with Gasteiger partial charge in [0.05, 0.1) is 17.8 Å². The van der Waals surface area contributed by atoms with Gasteiger partial charge >= 0.3 is 0 Å². The highest BCUT2D eigenvalue weighted by Gasteiger charge is 2.23. The van der Waals surface area contributed by atoms with Crippen LogP contribution in [0.3, 0.4) is 0 Å². The minimum atomic E-state index is -0.0215. The van der Waals surface area contributed by atoms with Crippen molar-refractivity contribution in [1.82, 2.24) is 9.78 Å². The van der Waals surface area contributed by atoms with Crippen molar-refractivity contribution in [2.24, 2.45) is 5.73 Å². The first kappa shape index (κ1) is 14.1. The highest BCUT2D eigenvalue weighted by atomic mass is 35.5. The predicted octanol–water partition coefficient (Wildman–Crippen LogP) is 4.02. The molecule has 4 heteroatoms. The molecule has 0 radical (unpaired) electrons. The van der Waals surface area contributed by atoms with E-state index in [2.05, 4.69) is 30.2 Å². The maximum Gasteiger partial charge on any atom is 0.0926 e. The number of hydrogen-bond donors (Lipinski definition) is 1. The van der Waals surface area contributed by atoms with E-state index in [9.17, 15) is 0 Å². The third-order valence-corrected chi connectivity index (χ3v) is 4.07. The molecule has 108 valence electrons. The quantitative estimate of drug-likeness (QED) is 0.791. The Kier molecular flexibility index (Phi) is 3.95. The van der Waals surface area contributed by atoms with Crippen LogP contribution >= 0.6 is 11.6 Å². The molecule has 0 aliphatic rings. The van der Waals surface area contributed by atoms with Crippen LogP contribution in [0.1, 0.15) is 24.9 Å². The summed E-state index contributed by atoms with van der Waals surface area (Å²) < 4.78 is 2.01. The molecule has 1 aromatic heterocycles. The molecule has 3 rings (SSSR count). The minimum Gasteiger partial charge on any atom is -0.326 e. The van der Waals surface area contributed by atoms with Gasteiger partial charge in [-0.1, -0.05) is 48.9 Å². The van der Waals surface area contributed by atoms with E-state index in [1.54, 1.807) is 0 Å². The number of para-hydroxylation sites is 1. The van der Waals surface area contributed by atoms with Gasteiger partial charge in [-0.25, -0.2) is 0 Å². The van der Waals surface area contributed by atoms with Crippen LogP contribution in [0.25, 0.3) is 10.9 Å². The topological polar surface area (TPSA) is 43.8 Å². The molecule has 3 aromatic rings. The zero-order chi connectivity index (χ0) is 14.8. The second-order valence-corrected chi connectivity index (χ2v) is 5.66. The van der Waals surface area contributed by atoms with Crippen molar-refractivity contribution in [3.8, 4) is 0 Å². The van der Waals surface area contributed by atoms with Gasteiger partial charge in [0.15, 0.2) is 0 Å². The fourth-order valence-electron chi connectivity index (χ4n) is 2.70. The number of benzene rings is 2. The summed E-state index contributed by atoms with van der Waals surface area (Å²) in [5, 5.41) is 6.40. The Hall–Kier alpha value is -1.84. The van der Waals surface area contributed by atoms with Gasteiger partial charge in [0, 0.05) is 16.5 Å². The molecular formula is C17H18ClN3. The fraction of sp³-hybridized carbons (Fsp3) is 0.235. The van der Waals surface area contributed by atoms with Gasteiger partial charge in [0.25, 0.3) is 0 Å². The predicted molar refractivity (Wildman–Crippen MR) is 87.6 cm³/mol. The molecular weight excluding hydrogens is 282 g/mol. The van der Waals surface area contributed by atoms with E-state index in [0.717, 1.165) is 27.9 Å². The van der Waals surface area contributed by atoms with Gasteiger partial charge in [-0.3, -0.25) is 4.68 Å². The number of nitrogens with two attached hydrogens (primary N) is 1. The molecule has 0 amide bonds. The van der Waals surface area contributed by atoms with E-state index in [1.165, 1.54) is 0 Å². The summed E-state index contributed by atoms with van der Waals surface area (Å²) in [6, 6.07) is 16.0. The first-order valence-electron chi connectivity index (χ1n) is 7.14. The van der Waals surface area contributed by atoms with Gasteiger partial charge in [-0.2, -0.15) is 5.10 Å². The molecule has 1 heterocycles. The van der Waals surface area contributed by atoms with Gasteiger partial charge in [-0.15, -0.1) is 0 Å². The van der Waals surface area contributed by atoms with Crippen LogP contribution in [-0.4, -0.2) is 15.8 Å². The largest absolute Gasteiger partial charge is 0.326 e. The summed E-state index contributed by atoms with van der Waals surface area (Å²) in [7, 11) is 0. The van der Waals surface area contributed by atoms with E-state index in [0.29, 0.717) is 0 Å². The van der Waals surface area contributed by atoms with E-state index in [4.69, 9.17) is 17.3 Å². The summed E-state index contributed by atoms with van der Waals surface area (Å²) in [6.45, 7) is 2.09. The van der Waals surface area contributed by atoms with E-state index >= 15 is 0 Å². The monoisotopic (exact) mass is 299 g/mol. The maximum atomic E-state index is 6.38. The summed E-state index contributed by atoms with van der Waals surface area (Å²) in [5.41, 5.74) is 8.56. The number of rotatable bonds is 4. The molecule has 0 saturated heterocycles. The molecule has 2 N–H and O–H groups in total. The zero-order valence-corrected chi connectivity index (χ0v) is 12.7. The lowest BCUT2D eigenvalue weighted by Crippen LogP contribution is -2.33. The molecule has 3 nitrogen and oxygen atoms in total. The third kappa shape index (κ3) is 2.67. The van der Waals surface area contributed by atoms with Crippen molar-refractivity contribution in [3.63, 3.8) is 0 Å². The normalized spacial score (nSPS) is 14.2. The van der Waals surface area contributed by atoms with Crippen LogP contribution in [0.4, 0.5) is 0 Å². The number of aromatic nitrogens is 2. The summed E-state index contributed by atoms with van der Waals surface area (Å²) in [4.78, 5) is 0. The fourth-order valence-corrected chi connectivity index (χ4v) is 2.90. The first-order valence-corrected chi connectivity index (χ1v) is 7.52. The molecule has 2 atom stereocenters. The van der Waals surface area contributed by atoms with Gasteiger partial charge in [-0.05, 0) is 30.2 Å². The van der Waals surface area contributed by atoms with Crippen molar-refractivity contribution in [3.05, 3.63) is 65.3 Å². The molecule has 2 aromatic carbocycles. The third-order valence-electron chi connectivity index (χ3n) is 3.84. The number of hydrogen-bond acceptors (Lipinski definition) is 2. The average Bonchev–Trinajstić information content (AvgIpc) is 2.91.